The molecule has 76 heavy (non-hydrogen) atoms. The smallest absolute Gasteiger partial charge is 0.339 e. The van der Waals surface area contributed by atoms with Gasteiger partial charge in [-0.1, -0.05) is 36.4 Å². The Morgan fingerprint density at radius 2 is 0.868 bits per heavy atom. The summed E-state index contributed by atoms with van der Waals surface area (Å²) >= 11 is 0. The highest BCUT2D eigenvalue weighted by Crippen LogP contribution is 2.50. The number of hydrogen-bond acceptors (Lipinski definition) is 14. The van der Waals surface area contributed by atoms with Gasteiger partial charge < -0.3 is 29.8 Å². The zero-order chi connectivity index (χ0) is 53.7. The largest absolute Gasteiger partial charge is 0.496 e. The number of aromatic carboxylic acids is 1. The number of ether oxygens (including phenoxy) is 4. The van der Waals surface area contributed by atoms with Gasteiger partial charge in [0.1, 0.15) is 40.2 Å². The Balaban J connectivity index is 0.000000186. The van der Waals surface area contributed by atoms with Gasteiger partial charge in [0.05, 0.1) is 41.6 Å². The number of carboxylic acid groups (broad SMARTS) is 1. The van der Waals surface area contributed by atoms with Crippen LogP contribution in [0.25, 0.3) is 21.8 Å². The van der Waals surface area contributed by atoms with Gasteiger partial charge >= 0.3 is 5.97 Å². The van der Waals surface area contributed by atoms with Crippen LogP contribution in [0.1, 0.15) is 68.7 Å². The van der Waals surface area contributed by atoms with E-state index in [2.05, 4.69) is 19.9 Å². The van der Waals surface area contributed by atoms with Gasteiger partial charge in [0, 0.05) is 85.5 Å². The first-order valence-corrected chi connectivity index (χ1v) is 23.9. The number of nitrogens with zero attached hydrogens (tertiary/aromatic N) is 4. The molecule has 2 fully saturated rings. The van der Waals surface area contributed by atoms with Gasteiger partial charge in [-0.15, -0.1) is 0 Å². The summed E-state index contributed by atoms with van der Waals surface area (Å²) in [4.78, 5) is 92.5. The number of pyridine rings is 4. The summed E-state index contributed by atoms with van der Waals surface area (Å²) in [5, 5.41) is 10.5. The predicted octanol–water partition coefficient (Wildman–Crippen LogP) is 9.34. The molecule has 0 unspecified atom stereocenters. The molecule has 0 radical (unpaired) electrons. The molecule has 4 heterocycles. The molecule has 2 saturated carbocycles. The highest BCUT2D eigenvalue weighted by molar-refractivity contribution is 6.12. The number of carbonyl (C=O) groups excluding carboxylic acids is 5. The minimum Gasteiger partial charge on any atom is -0.496 e. The van der Waals surface area contributed by atoms with Crippen molar-refractivity contribution in [1.29, 1.82) is 0 Å². The number of halogens is 2. The molecule has 3 N–H and O–H groups in total. The Labute approximate surface area is 432 Å². The summed E-state index contributed by atoms with van der Waals surface area (Å²) < 4.78 is 48.5. The van der Waals surface area contributed by atoms with Gasteiger partial charge in [0.2, 0.25) is 11.8 Å². The van der Waals surface area contributed by atoms with E-state index in [1.54, 1.807) is 79.0 Å². The fraction of sp³-hybridized carbons (Fsp3) is 0.207. The van der Waals surface area contributed by atoms with Crippen LogP contribution in [0, 0.1) is 22.5 Å². The summed E-state index contributed by atoms with van der Waals surface area (Å²) in [6.07, 6.45) is 8.53. The number of carboxylic acids is 1. The van der Waals surface area contributed by atoms with E-state index >= 15 is 0 Å². The van der Waals surface area contributed by atoms with Gasteiger partial charge in [-0.25, -0.2) is 23.5 Å². The summed E-state index contributed by atoms with van der Waals surface area (Å²) in [5.74, 6) is -1.32. The first kappa shape index (κ1) is 51.6. The van der Waals surface area contributed by atoms with Gasteiger partial charge in [-0.3, -0.25) is 33.9 Å². The van der Waals surface area contributed by atoms with E-state index in [9.17, 15) is 42.7 Å². The lowest BCUT2D eigenvalue weighted by atomic mass is 9.88. The maximum atomic E-state index is 13.2. The number of rotatable bonds is 20. The lowest BCUT2D eigenvalue weighted by Crippen LogP contribution is -2.28. The zero-order valence-electron chi connectivity index (χ0n) is 41.0. The molecule has 2 aliphatic carbocycles. The van der Waals surface area contributed by atoms with Crippen LogP contribution in [0.4, 0.5) is 8.78 Å². The van der Waals surface area contributed by atoms with Gasteiger partial charge in [0.15, 0.2) is 23.1 Å². The third-order valence-electron chi connectivity index (χ3n) is 13.5. The molecule has 16 nitrogen and oxygen atoms in total. The molecular formula is C58H47F2N5O11. The molecule has 10 rings (SSSR count). The molecule has 0 atom stereocenters. The monoisotopic (exact) mass is 1030 g/mol. The van der Waals surface area contributed by atoms with Crippen molar-refractivity contribution >= 4 is 56.8 Å². The molecule has 4 aromatic carbocycles. The molecule has 0 spiro atoms. The van der Waals surface area contributed by atoms with Crippen LogP contribution < -0.4 is 24.7 Å². The number of ketones is 4. The second-order valence-corrected chi connectivity index (χ2v) is 18.5. The van der Waals surface area contributed by atoms with E-state index in [-0.39, 0.29) is 89.1 Å². The minimum absolute atomic E-state index is 0.0253. The van der Waals surface area contributed by atoms with Crippen LogP contribution in [0.3, 0.4) is 0 Å². The number of methoxy groups -OCH3 is 2. The number of aromatic nitrogens is 4. The fourth-order valence-electron chi connectivity index (χ4n) is 8.85. The fourth-order valence-corrected chi connectivity index (χ4v) is 8.85. The Morgan fingerprint density at radius 1 is 0.500 bits per heavy atom. The highest BCUT2D eigenvalue weighted by atomic mass is 19.1. The molecule has 4 aromatic heterocycles. The van der Waals surface area contributed by atoms with Gasteiger partial charge in [-0.2, -0.15) is 0 Å². The molecule has 1 amide bonds. The number of hydrogen-bond donors (Lipinski definition) is 2. The van der Waals surface area contributed by atoms with Crippen molar-refractivity contribution in [3.05, 3.63) is 179 Å². The van der Waals surface area contributed by atoms with Crippen molar-refractivity contribution in [1.82, 2.24) is 19.9 Å². The number of nitrogens with two attached hydrogens (primary N) is 1. The standard InChI is InChI=1S/C29H24FN3O5.C29H23FN2O6/c1-37-24-15-22-20(14-21(24)28(31)36)23(8-11-32-22)38-27-7-4-18(16-33-27)13-26(35)29(9-10-29)25(34)12-17-2-5-19(30)6-3-17;1-37-24-15-22-20(14-21(24)28(35)36)23(8-11-31-22)38-27-7-4-18(16-32-27)13-26(34)29(9-10-29)25(33)12-17-2-5-19(30)6-3-17/h2-8,11,14-16H,9-10,12-13H2,1H3,(H2,31,36);2-8,11,14-16H,9-10,12-13H2,1H3,(H,35,36). The van der Waals surface area contributed by atoms with Crippen LogP contribution in [-0.2, 0) is 44.9 Å². The molecule has 18 heteroatoms. The summed E-state index contributed by atoms with van der Waals surface area (Å²) in [7, 11) is 2.83. The van der Waals surface area contributed by atoms with Crippen LogP contribution in [-0.4, -0.2) is 74.3 Å². The number of primary amides is 1. The number of fused-ring (bicyclic) bond motifs is 2. The van der Waals surface area contributed by atoms with Crippen LogP contribution in [0.5, 0.6) is 34.8 Å². The number of amides is 1. The van der Waals surface area contributed by atoms with Crippen LogP contribution >= 0.6 is 0 Å². The lowest BCUT2D eigenvalue weighted by molar-refractivity contribution is -0.135. The first-order chi connectivity index (χ1) is 36.6. The second kappa shape index (κ2) is 21.6. The Bertz CT molecular complexity index is 3330. The molecule has 384 valence electrons. The number of Topliss-reactive ketones (excluding diaryl/α,β-unsaturated/α-hetero) is 4. The van der Waals surface area contributed by atoms with Crippen molar-refractivity contribution < 1.29 is 61.6 Å². The van der Waals surface area contributed by atoms with E-state index in [1.165, 1.54) is 69.2 Å². The van der Waals surface area contributed by atoms with Crippen molar-refractivity contribution in [2.45, 2.75) is 51.4 Å². The quantitative estimate of drug-likeness (QED) is 0.0676. The molecule has 2 aliphatic rings. The van der Waals surface area contributed by atoms with E-state index in [0.29, 0.717) is 87.0 Å². The third-order valence-corrected chi connectivity index (χ3v) is 13.5. The molecule has 0 bridgehead atoms. The predicted molar refractivity (Wildman–Crippen MR) is 272 cm³/mol. The second-order valence-electron chi connectivity index (χ2n) is 18.5. The Hall–Kier alpha value is -9.32. The van der Waals surface area contributed by atoms with E-state index in [0.717, 1.165) is 0 Å². The zero-order valence-corrected chi connectivity index (χ0v) is 41.0. The van der Waals surface area contributed by atoms with Crippen LogP contribution in [0.15, 0.2) is 134 Å². The van der Waals surface area contributed by atoms with E-state index in [4.69, 9.17) is 24.7 Å². The van der Waals surface area contributed by atoms with Crippen molar-refractivity contribution in [2.75, 3.05) is 14.2 Å². The third kappa shape index (κ3) is 11.3. The van der Waals surface area contributed by atoms with Gasteiger partial charge in [0.25, 0.3) is 5.91 Å². The summed E-state index contributed by atoms with van der Waals surface area (Å²) in [5.41, 5.74) is 7.39. The Kier molecular flexibility index (Phi) is 14.7. The minimum atomic E-state index is -1.14. The maximum absolute atomic E-state index is 13.2. The average molecular weight is 1030 g/mol. The van der Waals surface area contributed by atoms with Crippen molar-refractivity contribution in [2.24, 2.45) is 16.6 Å². The molecular weight excluding hydrogens is 981 g/mol. The molecule has 8 aromatic rings. The SMILES string of the molecule is COc1cc2nccc(Oc3ccc(CC(=O)C4(C(=O)Cc5ccc(F)cc5)CC4)cn3)c2cc1C(=O)O.COc1cc2nccc(Oc3ccc(CC(=O)C4(C(=O)Cc5ccc(F)cc5)CC4)cn3)c2cc1C(N)=O. The Morgan fingerprint density at radius 3 is 1.21 bits per heavy atom. The van der Waals surface area contributed by atoms with Crippen molar-refractivity contribution in [3.63, 3.8) is 0 Å². The van der Waals surface area contributed by atoms with Crippen LogP contribution in [0.2, 0.25) is 0 Å². The topological polar surface area (TPSA) is 237 Å². The number of carbonyl (C=O) groups is 6. The van der Waals surface area contributed by atoms with E-state index < -0.39 is 22.7 Å². The summed E-state index contributed by atoms with van der Waals surface area (Å²) in [6, 6.07) is 27.5. The lowest BCUT2D eigenvalue weighted by Gasteiger charge is -2.14. The van der Waals surface area contributed by atoms with Gasteiger partial charge in [-0.05, 0) is 96.5 Å². The highest BCUT2D eigenvalue weighted by Gasteiger charge is 2.55. The molecule has 0 aliphatic heterocycles. The average Bonchev–Trinajstić information content (AvgIpc) is 4.37. The normalized spacial score (nSPS) is 13.6. The van der Waals surface area contributed by atoms with Crippen molar-refractivity contribution in [3.8, 4) is 34.8 Å². The number of benzene rings is 4. The maximum Gasteiger partial charge on any atom is 0.339 e. The molecule has 0 saturated heterocycles. The summed E-state index contributed by atoms with van der Waals surface area (Å²) in [6.45, 7) is 0. The first-order valence-electron chi connectivity index (χ1n) is 23.9. The van der Waals surface area contributed by atoms with E-state index in [1.807, 2.05) is 0 Å².